The SMILES string of the molecule is O=C(O)CN(C(=O)c1ccccc1SC(F)F)C1CC1. The molecule has 2 rings (SSSR count). The molecule has 0 radical (unpaired) electrons. The first-order valence-corrected chi connectivity index (χ1v) is 6.93. The number of halogens is 2. The predicted molar refractivity (Wildman–Crippen MR) is 70.0 cm³/mol. The molecule has 0 aliphatic heterocycles. The average Bonchev–Trinajstić information content (AvgIpc) is 3.19. The number of alkyl halides is 2. The van der Waals surface area contributed by atoms with E-state index in [1.54, 1.807) is 12.1 Å². The largest absolute Gasteiger partial charge is 0.480 e. The molecule has 1 aromatic rings. The van der Waals surface area contributed by atoms with E-state index in [0.29, 0.717) is 11.8 Å². The summed E-state index contributed by atoms with van der Waals surface area (Å²) in [6.45, 7) is -0.406. The highest BCUT2D eigenvalue weighted by atomic mass is 32.2. The number of amides is 1. The van der Waals surface area contributed by atoms with Crippen LogP contribution in [0.5, 0.6) is 0 Å². The van der Waals surface area contributed by atoms with Crippen molar-refractivity contribution in [3.05, 3.63) is 29.8 Å². The number of carboxylic acids is 1. The van der Waals surface area contributed by atoms with Crippen molar-refractivity contribution in [1.29, 1.82) is 0 Å². The van der Waals surface area contributed by atoms with E-state index in [-0.39, 0.29) is 16.5 Å². The predicted octanol–water partition coefficient (Wildman–Crippen LogP) is 2.69. The van der Waals surface area contributed by atoms with Crippen LogP contribution < -0.4 is 0 Å². The van der Waals surface area contributed by atoms with Crippen LogP contribution in [-0.2, 0) is 4.79 Å². The standard InChI is InChI=1S/C13H13F2NO3S/c14-13(15)20-10-4-2-1-3-9(10)12(19)16(7-11(17)18)8-5-6-8/h1-4,8,13H,5-7H2,(H,17,18). The van der Waals surface area contributed by atoms with Gasteiger partial charge in [-0.2, -0.15) is 8.78 Å². The fourth-order valence-electron chi connectivity index (χ4n) is 1.90. The third kappa shape index (κ3) is 3.69. The minimum atomic E-state index is -2.63. The van der Waals surface area contributed by atoms with Crippen LogP contribution in [0.15, 0.2) is 29.2 Å². The van der Waals surface area contributed by atoms with E-state index in [2.05, 4.69) is 0 Å². The summed E-state index contributed by atoms with van der Waals surface area (Å²) in [5.74, 6) is -4.24. The van der Waals surface area contributed by atoms with Crippen molar-refractivity contribution in [3.63, 3.8) is 0 Å². The van der Waals surface area contributed by atoms with Crippen LogP contribution in [0.25, 0.3) is 0 Å². The molecule has 0 heterocycles. The molecule has 20 heavy (non-hydrogen) atoms. The van der Waals surface area contributed by atoms with Crippen LogP contribution in [-0.4, -0.2) is 40.2 Å². The molecule has 1 saturated carbocycles. The minimum Gasteiger partial charge on any atom is -0.480 e. The zero-order chi connectivity index (χ0) is 14.7. The Balaban J connectivity index is 2.24. The highest BCUT2D eigenvalue weighted by Gasteiger charge is 2.35. The van der Waals surface area contributed by atoms with Gasteiger partial charge in [-0.15, -0.1) is 0 Å². The monoisotopic (exact) mass is 301 g/mol. The number of aliphatic carboxylic acids is 1. The summed E-state index contributed by atoms with van der Waals surface area (Å²) >= 11 is 0.294. The van der Waals surface area contributed by atoms with E-state index in [4.69, 9.17) is 5.11 Å². The molecule has 0 unspecified atom stereocenters. The molecular formula is C13H13F2NO3S. The molecule has 4 nitrogen and oxygen atoms in total. The molecule has 1 aliphatic rings. The number of carbonyl (C=O) groups excluding carboxylic acids is 1. The zero-order valence-corrected chi connectivity index (χ0v) is 11.3. The third-order valence-electron chi connectivity index (χ3n) is 2.89. The normalized spacial score (nSPS) is 14.3. The van der Waals surface area contributed by atoms with Crippen molar-refractivity contribution in [1.82, 2.24) is 4.90 Å². The molecule has 1 aliphatic carbocycles. The molecule has 0 atom stereocenters. The molecule has 108 valence electrons. The number of hydrogen-bond donors (Lipinski definition) is 1. The summed E-state index contributed by atoms with van der Waals surface area (Å²) in [4.78, 5) is 24.6. The highest BCUT2D eigenvalue weighted by molar-refractivity contribution is 7.99. The van der Waals surface area contributed by atoms with E-state index in [1.807, 2.05) is 0 Å². The molecule has 1 fully saturated rings. The number of carbonyl (C=O) groups is 2. The minimum absolute atomic E-state index is 0.0943. The van der Waals surface area contributed by atoms with Crippen LogP contribution in [0.4, 0.5) is 8.78 Å². The van der Waals surface area contributed by atoms with Gasteiger partial charge in [0, 0.05) is 10.9 Å². The maximum Gasteiger partial charge on any atom is 0.323 e. The summed E-state index contributed by atoms with van der Waals surface area (Å²) in [7, 11) is 0. The fraction of sp³-hybridized carbons (Fsp3) is 0.385. The van der Waals surface area contributed by atoms with Crippen molar-refractivity contribution < 1.29 is 23.5 Å². The second-order valence-corrected chi connectivity index (χ2v) is 5.46. The molecule has 0 spiro atoms. The summed E-state index contributed by atoms with van der Waals surface area (Å²) in [5.41, 5.74) is 0.131. The molecule has 0 bridgehead atoms. The smallest absolute Gasteiger partial charge is 0.323 e. The number of thioether (sulfide) groups is 1. The van der Waals surface area contributed by atoms with Gasteiger partial charge in [-0.3, -0.25) is 9.59 Å². The number of hydrogen-bond acceptors (Lipinski definition) is 3. The van der Waals surface area contributed by atoms with Gasteiger partial charge in [0.1, 0.15) is 6.54 Å². The number of rotatable bonds is 6. The van der Waals surface area contributed by atoms with Gasteiger partial charge in [-0.05, 0) is 25.0 Å². The van der Waals surface area contributed by atoms with E-state index in [9.17, 15) is 18.4 Å². The molecule has 0 aromatic heterocycles. The second-order valence-electron chi connectivity index (χ2n) is 4.43. The van der Waals surface area contributed by atoms with Gasteiger partial charge in [0.05, 0.1) is 5.56 Å². The van der Waals surface area contributed by atoms with E-state index in [0.717, 1.165) is 12.8 Å². The topological polar surface area (TPSA) is 57.6 Å². The Morgan fingerprint density at radius 3 is 2.55 bits per heavy atom. The summed E-state index contributed by atoms with van der Waals surface area (Å²) < 4.78 is 25.0. The van der Waals surface area contributed by atoms with Crippen LogP contribution in [0.1, 0.15) is 23.2 Å². The van der Waals surface area contributed by atoms with Crippen LogP contribution in [0.2, 0.25) is 0 Å². The number of benzene rings is 1. The van der Waals surface area contributed by atoms with E-state index in [1.165, 1.54) is 17.0 Å². The van der Waals surface area contributed by atoms with E-state index >= 15 is 0 Å². The Hall–Kier alpha value is -1.63. The summed E-state index contributed by atoms with van der Waals surface area (Å²) in [6.07, 6.45) is 1.51. The molecular weight excluding hydrogens is 288 g/mol. The van der Waals surface area contributed by atoms with Crippen molar-refractivity contribution in [2.24, 2.45) is 0 Å². The fourth-order valence-corrected chi connectivity index (χ4v) is 2.53. The van der Waals surface area contributed by atoms with Crippen LogP contribution in [0, 0.1) is 0 Å². The first-order valence-electron chi connectivity index (χ1n) is 6.05. The lowest BCUT2D eigenvalue weighted by Crippen LogP contribution is -2.37. The third-order valence-corrected chi connectivity index (χ3v) is 3.68. The highest BCUT2D eigenvalue weighted by Crippen LogP contribution is 2.32. The van der Waals surface area contributed by atoms with Gasteiger partial charge in [0.25, 0.3) is 11.7 Å². The molecule has 7 heteroatoms. The van der Waals surface area contributed by atoms with Crippen molar-refractivity contribution in [2.75, 3.05) is 6.54 Å². The first-order chi connectivity index (χ1) is 9.49. The lowest BCUT2D eigenvalue weighted by Gasteiger charge is -2.21. The maximum absolute atomic E-state index is 12.5. The average molecular weight is 301 g/mol. The Morgan fingerprint density at radius 2 is 2.00 bits per heavy atom. The van der Waals surface area contributed by atoms with Gasteiger partial charge in [0.2, 0.25) is 0 Å². The number of nitrogens with zero attached hydrogens (tertiary/aromatic N) is 1. The number of carboxylic acid groups (broad SMARTS) is 1. The van der Waals surface area contributed by atoms with Gasteiger partial charge in [-0.25, -0.2) is 0 Å². The molecule has 1 amide bonds. The summed E-state index contributed by atoms with van der Waals surface area (Å²) in [5, 5.41) is 8.85. The Kier molecular flexibility index (Phi) is 4.59. The molecule has 1 N–H and O–H groups in total. The quantitative estimate of drug-likeness (QED) is 0.821. The first kappa shape index (κ1) is 14.8. The van der Waals surface area contributed by atoms with Crippen LogP contribution in [0.3, 0.4) is 0 Å². The van der Waals surface area contributed by atoms with Crippen LogP contribution >= 0.6 is 11.8 Å². The maximum atomic E-state index is 12.5. The van der Waals surface area contributed by atoms with Crippen molar-refractivity contribution >= 4 is 23.6 Å². The van der Waals surface area contributed by atoms with Crippen molar-refractivity contribution in [3.8, 4) is 0 Å². The lowest BCUT2D eigenvalue weighted by atomic mass is 10.2. The second kappa shape index (κ2) is 6.21. The van der Waals surface area contributed by atoms with Gasteiger partial charge in [-0.1, -0.05) is 23.9 Å². The van der Waals surface area contributed by atoms with Crippen molar-refractivity contribution in [2.45, 2.75) is 29.5 Å². The zero-order valence-electron chi connectivity index (χ0n) is 10.5. The Labute approximate surface area is 118 Å². The van der Waals surface area contributed by atoms with E-state index < -0.39 is 24.2 Å². The van der Waals surface area contributed by atoms with Gasteiger partial charge >= 0.3 is 5.97 Å². The van der Waals surface area contributed by atoms with Gasteiger partial charge in [0.15, 0.2) is 0 Å². The Morgan fingerprint density at radius 1 is 1.35 bits per heavy atom. The molecule has 1 aromatic carbocycles. The molecule has 0 saturated heterocycles. The summed E-state index contributed by atoms with van der Waals surface area (Å²) in [6, 6.07) is 5.94. The lowest BCUT2D eigenvalue weighted by molar-refractivity contribution is -0.137. The Bertz CT molecular complexity index is 520. The van der Waals surface area contributed by atoms with Gasteiger partial charge < -0.3 is 10.0 Å².